The highest BCUT2D eigenvalue weighted by atomic mass is 16.5. The van der Waals surface area contributed by atoms with Crippen molar-refractivity contribution in [2.24, 2.45) is 5.41 Å². The van der Waals surface area contributed by atoms with Gasteiger partial charge in [-0.3, -0.25) is 9.59 Å². The van der Waals surface area contributed by atoms with Crippen molar-refractivity contribution in [2.75, 3.05) is 27.4 Å². The molecule has 5 heteroatoms. The summed E-state index contributed by atoms with van der Waals surface area (Å²) < 4.78 is 10.7. The minimum Gasteiger partial charge on any atom is -0.499 e. The molecular formula is C17H25NO4. The Labute approximate surface area is 131 Å². The maximum absolute atomic E-state index is 13.3. The van der Waals surface area contributed by atoms with Gasteiger partial charge in [0.05, 0.1) is 19.8 Å². The standard InChI is InChI=1S/C17H25NO4/c1-5-17(10-12(2)14(19)9-15(17)22-4)16(20)18-8-6-7-13(18)11-21-3/h9-10,13H,5-8,11H2,1-4H3/t13-,17+/m0/s1. The van der Waals surface area contributed by atoms with Gasteiger partial charge in [0, 0.05) is 19.7 Å². The van der Waals surface area contributed by atoms with E-state index in [1.165, 1.54) is 13.2 Å². The minimum absolute atomic E-state index is 0.00880. The highest BCUT2D eigenvalue weighted by Crippen LogP contribution is 2.41. The summed E-state index contributed by atoms with van der Waals surface area (Å²) in [5, 5.41) is 0. The van der Waals surface area contributed by atoms with Crippen LogP contribution in [0.2, 0.25) is 0 Å². The molecule has 0 N–H and O–H groups in total. The fourth-order valence-corrected chi connectivity index (χ4v) is 3.43. The van der Waals surface area contributed by atoms with E-state index in [4.69, 9.17) is 9.47 Å². The fourth-order valence-electron chi connectivity index (χ4n) is 3.43. The number of amides is 1. The Bertz CT molecular complexity index is 523. The summed E-state index contributed by atoms with van der Waals surface area (Å²) in [6.45, 7) is 4.97. The molecule has 1 aliphatic heterocycles. The molecule has 1 fully saturated rings. The zero-order chi connectivity index (χ0) is 16.3. The average Bonchev–Trinajstić information content (AvgIpc) is 2.97. The Hall–Kier alpha value is -1.62. The molecule has 1 saturated heterocycles. The number of ketones is 1. The first kappa shape index (κ1) is 16.7. The van der Waals surface area contributed by atoms with E-state index in [1.807, 2.05) is 11.8 Å². The monoisotopic (exact) mass is 307 g/mol. The molecule has 0 aromatic heterocycles. The number of rotatable bonds is 5. The summed E-state index contributed by atoms with van der Waals surface area (Å²) >= 11 is 0. The van der Waals surface area contributed by atoms with Gasteiger partial charge in [0.1, 0.15) is 11.2 Å². The van der Waals surface area contributed by atoms with E-state index in [9.17, 15) is 9.59 Å². The molecule has 0 aromatic carbocycles. The van der Waals surface area contributed by atoms with E-state index in [0.717, 1.165) is 19.4 Å². The molecular weight excluding hydrogens is 282 g/mol. The predicted octanol–water partition coefficient (Wildman–Crippen LogP) is 2.08. The maximum Gasteiger partial charge on any atom is 0.240 e. The molecule has 1 aliphatic carbocycles. The Morgan fingerprint density at radius 1 is 1.45 bits per heavy atom. The van der Waals surface area contributed by atoms with Gasteiger partial charge in [-0.05, 0) is 31.8 Å². The van der Waals surface area contributed by atoms with Gasteiger partial charge in [0.25, 0.3) is 0 Å². The highest BCUT2D eigenvalue weighted by molar-refractivity contribution is 6.07. The average molecular weight is 307 g/mol. The molecule has 2 rings (SSSR count). The van der Waals surface area contributed by atoms with Crippen LogP contribution in [0, 0.1) is 5.41 Å². The third kappa shape index (κ3) is 2.70. The van der Waals surface area contributed by atoms with Crippen LogP contribution < -0.4 is 0 Å². The predicted molar refractivity (Wildman–Crippen MR) is 83.2 cm³/mol. The third-order valence-corrected chi connectivity index (χ3v) is 4.71. The summed E-state index contributed by atoms with van der Waals surface area (Å²) in [5.41, 5.74) is -0.276. The molecule has 1 amide bonds. The van der Waals surface area contributed by atoms with Crippen LogP contribution >= 0.6 is 0 Å². The summed E-state index contributed by atoms with van der Waals surface area (Å²) in [6.07, 6.45) is 5.73. The lowest BCUT2D eigenvalue weighted by atomic mass is 9.75. The lowest BCUT2D eigenvalue weighted by Gasteiger charge is -2.38. The van der Waals surface area contributed by atoms with Crippen molar-refractivity contribution >= 4 is 11.7 Å². The first-order valence-electron chi connectivity index (χ1n) is 7.80. The number of likely N-dealkylation sites (tertiary alicyclic amines) is 1. The second-order valence-corrected chi connectivity index (χ2v) is 5.98. The Morgan fingerprint density at radius 2 is 2.18 bits per heavy atom. The molecule has 2 aliphatic rings. The van der Waals surface area contributed by atoms with E-state index >= 15 is 0 Å². The van der Waals surface area contributed by atoms with Crippen LogP contribution in [-0.4, -0.2) is 50.0 Å². The van der Waals surface area contributed by atoms with Gasteiger partial charge in [0.2, 0.25) is 5.91 Å². The summed E-state index contributed by atoms with van der Waals surface area (Å²) in [5.74, 6) is 0.358. The van der Waals surface area contributed by atoms with E-state index in [-0.39, 0.29) is 17.7 Å². The first-order valence-corrected chi connectivity index (χ1v) is 7.80. The lowest BCUT2D eigenvalue weighted by molar-refractivity contribution is -0.141. The van der Waals surface area contributed by atoms with Crippen molar-refractivity contribution in [3.05, 3.63) is 23.5 Å². The molecule has 0 spiro atoms. The number of hydrogen-bond donors (Lipinski definition) is 0. The zero-order valence-corrected chi connectivity index (χ0v) is 13.8. The number of nitrogens with zero attached hydrogens (tertiary/aromatic N) is 1. The van der Waals surface area contributed by atoms with Crippen LogP contribution in [0.25, 0.3) is 0 Å². The quantitative estimate of drug-likeness (QED) is 0.780. The van der Waals surface area contributed by atoms with Crippen molar-refractivity contribution in [3.63, 3.8) is 0 Å². The van der Waals surface area contributed by atoms with Gasteiger partial charge in [-0.1, -0.05) is 13.0 Å². The van der Waals surface area contributed by atoms with Crippen molar-refractivity contribution in [1.82, 2.24) is 4.90 Å². The van der Waals surface area contributed by atoms with Crippen LogP contribution in [0.5, 0.6) is 0 Å². The van der Waals surface area contributed by atoms with E-state index in [2.05, 4.69) is 0 Å². The molecule has 0 bridgehead atoms. The van der Waals surface area contributed by atoms with Crippen molar-refractivity contribution in [2.45, 2.75) is 39.2 Å². The normalized spacial score (nSPS) is 28.5. The summed E-state index contributed by atoms with van der Waals surface area (Å²) in [4.78, 5) is 27.1. The molecule has 0 aromatic rings. The van der Waals surface area contributed by atoms with Crippen LogP contribution in [-0.2, 0) is 19.1 Å². The van der Waals surface area contributed by atoms with Crippen molar-refractivity contribution < 1.29 is 19.1 Å². The van der Waals surface area contributed by atoms with Gasteiger partial charge < -0.3 is 14.4 Å². The molecule has 2 atom stereocenters. The molecule has 22 heavy (non-hydrogen) atoms. The number of carbonyl (C=O) groups excluding carboxylic acids is 2. The number of ether oxygens (including phenoxy) is 2. The molecule has 0 saturated carbocycles. The topological polar surface area (TPSA) is 55.8 Å². The van der Waals surface area contributed by atoms with Crippen LogP contribution in [0.15, 0.2) is 23.5 Å². The number of allylic oxidation sites excluding steroid dienone is 2. The van der Waals surface area contributed by atoms with Gasteiger partial charge >= 0.3 is 0 Å². The second-order valence-electron chi connectivity index (χ2n) is 5.98. The summed E-state index contributed by atoms with van der Waals surface area (Å²) in [7, 11) is 3.17. The lowest BCUT2D eigenvalue weighted by Crippen LogP contribution is -2.48. The third-order valence-electron chi connectivity index (χ3n) is 4.71. The SMILES string of the molecule is CC[C@@]1(C(=O)N2CCC[C@H]2COC)C=C(C)C(=O)C=C1OC. The second kappa shape index (κ2) is 6.65. The van der Waals surface area contributed by atoms with Gasteiger partial charge in [-0.15, -0.1) is 0 Å². The Balaban J connectivity index is 2.38. The van der Waals surface area contributed by atoms with Crippen LogP contribution in [0.3, 0.4) is 0 Å². The Morgan fingerprint density at radius 3 is 2.77 bits per heavy atom. The van der Waals surface area contributed by atoms with E-state index in [0.29, 0.717) is 24.4 Å². The van der Waals surface area contributed by atoms with Crippen LogP contribution in [0.4, 0.5) is 0 Å². The Kier molecular flexibility index (Phi) is 5.06. The largest absolute Gasteiger partial charge is 0.499 e. The highest BCUT2D eigenvalue weighted by Gasteiger charge is 2.47. The maximum atomic E-state index is 13.3. The van der Waals surface area contributed by atoms with Crippen molar-refractivity contribution in [1.29, 1.82) is 0 Å². The zero-order valence-electron chi connectivity index (χ0n) is 13.8. The minimum atomic E-state index is -0.872. The smallest absolute Gasteiger partial charge is 0.240 e. The summed E-state index contributed by atoms with van der Waals surface area (Å²) in [6, 6.07) is 0.102. The van der Waals surface area contributed by atoms with E-state index < -0.39 is 5.41 Å². The number of methoxy groups -OCH3 is 2. The number of hydrogen-bond acceptors (Lipinski definition) is 4. The van der Waals surface area contributed by atoms with Crippen LogP contribution in [0.1, 0.15) is 33.1 Å². The van der Waals surface area contributed by atoms with Crippen molar-refractivity contribution in [3.8, 4) is 0 Å². The number of carbonyl (C=O) groups is 2. The molecule has 0 unspecified atom stereocenters. The molecule has 0 radical (unpaired) electrons. The fraction of sp³-hybridized carbons (Fsp3) is 0.647. The van der Waals surface area contributed by atoms with E-state index in [1.54, 1.807) is 20.1 Å². The molecule has 1 heterocycles. The first-order chi connectivity index (χ1) is 10.5. The van der Waals surface area contributed by atoms with Gasteiger partial charge in [-0.25, -0.2) is 0 Å². The molecule has 122 valence electrons. The molecule has 5 nitrogen and oxygen atoms in total. The van der Waals surface area contributed by atoms with Gasteiger partial charge in [-0.2, -0.15) is 0 Å². The van der Waals surface area contributed by atoms with Gasteiger partial charge in [0.15, 0.2) is 5.78 Å².